The van der Waals surface area contributed by atoms with Gasteiger partial charge in [-0.2, -0.15) is 0 Å². The standard InChI is InChI=1S/C12H18N4O3/c1-7(2)11-10(12(18)19)14-15-16(11)6-5-9(17)13-8-3-4-8/h7-8H,3-6H2,1-2H3,(H,13,17)(H,18,19). The third-order valence-electron chi connectivity index (χ3n) is 3.02. The Balaban J connectivity index is 2.02. The number of carboxylic acid groups (broad SMARTS) is 1. The van der Waals surface area contributed by atoms with Gasteiger partial charge < -0.3 is 10.4 Å². The number of carboxylic acids is 1. The van der Waals surface area contributed by atoms with Crippen LogP contribution in [0, 0.1) is 0 Å². The van der Waals surface area contributed by atoms with Gasteiger partial charge in [0.15, 0.2) is 5.69 Å². The lowest BCUT2D eigenvalue weighted by Gasteiger charge is -2.09. The molecule has 0 spiro atoms. The quantitative estimate of drug-likeness (QED) is 0.792. The van der Waals surface area contributed by atoms with Crippen molar-refractivity contribution >= 4 is 11.9 Å². The molecular weight excluding hydrogens is 248 g/mol. The summed E-state index contributed by atoms with van der Waals surface area (Å²) in [6.07, 6.45) is 2.39. The number of carbonyl (C=O) groups is 2. The molecule has 0 aromatic carbocycles. The van der Waals surface area contributed by atoms with Gasteiger partial charge in [0.05, 0.1) is 12.2 Å². The first-order valence-corrected chi connectivity index (χ1v) is 6.45. The Morgan fingerprint density at radius 3 is 2.68 bits per heavy atom. The lowest BCUT2D eigenvalue weighted by atomic mass is 10.1. The fourth-order valence-corrected chi connectivity index (χ4v) is 1.94. The van der Waals surface area contributed by atoms with Crippen molar-refractivity contribution in [2.45, 2.75) is 51.6 Å². The minimum absolute atomic E-state index is 0.00686. The van der Waals surface area contributed by atoms with E-state index in [1.54, 1.807) is 0 Å². The highest BCUT2D eigenvalue weighted by atomic mass is 16.4. The highest BCUT2D eigenvalue weighted by Gasteiger charge is 2.24. The SMILES string of the molecule is CC(C)c1c(C(=O)O)nnn1CCC(=O)NC1CC1. The van der Waals surface area contributed by atoms with Crippen LogP contribution in [0.1, 0.15) is 55.2 Å². The number of hydrogen-bond donors (Lipinski definition) is 2. The molecule has 1 heterocycles. The van der Waals surface area contributed by atoms with Gasteiger partial charge in [-0.25, -0.2) is 9.48 Å². The van der Waals surface area contributed by atoms with Crippen LogP contribution in [0.4, 0.5) is 0 Å². The first-order valence-electron chi connectivity index (χ1n) is 6.45. The first kappa shape index (κ1) is 13.5. The van der Waals surface area contributed by atoms with E-state index in [-0.39, 0.29) is 17.5 Å². The second kappa shape index (κ2) is 5.38. The number of nitrogens with zero attached hydrogens (tertiary/aromatic N) is 3. The topological polar surface area (TPSA) is 97.1 Å². The number of nitrogens with one attached hydrogen (secondary N) is 1. The van der Waals surface area contributed by atoms with Gasteiger partial charge in [0.25, 0.3) is 0 Å². The van der Waals surface area contributed by atoms with E-state index in [0.717, 1.165) is 12.8 Å². The fraction of sp³-hybridized carbons (Fsp3) is 0.667. The van der Waals surface area contributed by atoms with Crippen LogP contribution in [0.5, 0.6) is 0 Å². The molecule has 0 atom stereocenters. The Kier molecular flexibility index (Phi) is 3.82. The van der Waals surface area contributed by atoms with E-state index in [9.17, 15) is 9.59 Å². The molecule has 2 N–H and O–H groups in total. The molecule has 1 aliphatic rings. The van der Waals surface area contributed by atoms with Gasteiger partial charge in [0, 0.05) is 12.5 Å². The van der Waals surface area contributed by atoms with E-state index in [1.807, 2.05) is 13.8 Å². The molecule has 0 saturated heterocycles. The summed E-state index contributed by atoms with van der Waals surface area (Å²) in [6.45, 7) is 4.12. The van der Waals surface area contributed by atoms with Crippen LogP contribution in [-0.2, 0) is 11.3 Å². The molecule has 0 radical (unpaired) electrons. The lowest BCUT2D eigenvalue weighted by molar-refractivity contribution is -0.121. The molecule has 7 nitrogen and oxygen atoms in total. The molecule has 1 aromatic heterocycles. The molecule has 0 unspecified atom stereocenters. The van der Waals surface area contributed by atoms with Gasteiger partial charge in [-0.3, -0.25) is 4.79 Å². The van der Waals surface area contributed by atoms with Crippen molar-refractivity contribution in [3.05, 3.63) is 11.4 Å². The van der Waals surface area contributed by atoms with Crippen molar-refractivity contribution in [1.29, 1.82) is 0 Å². The van der Waals surface area contributed by atoms with Crippen molar-refractivity contribution < 1.29 is 14.7 Å². The Hall–Kier alpha value is -1.92. The zero-order valence-electron chi connectivity index (χ0n) is 11.1. The predicted octanol–water partition coefficient (Wildman–Crippen LogP) is 0.768. The molecule has 0 bridgehead atoms. The number of aromatic carboxylic acids is 1. The summed E-state index contributed by atoms with van der Waals surface area (Å²) < 4.78 is 1.51. The molecule has 1 aliphatic carbocycles. The van der Waals surface area contributed by atoms with Crippen LogP contribution < -0.4 is 5.32 Å². The normalized spacial score (nSPS) is 14.7. The minimum Gasteiger partial charge on any atom is -0.476 e. The van der Waals surface area contributed by atoms with Gasteiger partial charge in [0.2, 0.25) is 5.91 Å². The van der Waals surface area contributed by atoms with E-state index in [1.165, 1.54) is 4.68 Å². The van der Waals surface area contributed by atoms with Crippen molar-refractivity contribution in [2.24, 2.45) is 0 Å². The smallest absolute Gasteiger partial charge is 0.358 e. The molecule has 1 aromatic rings. The molecule has 1 fully saturated rings. The summed E-state index contributed by atoms with van der Waals surface area (Å²) in [7, 11) is 0. The van der Waals surface area contributed by atoms with Crippen molar-refractivity contribution in [1.82, 2.24) is 20.3 Å². The number of rotatable bonds is 6. The molecule has 0 aliphatic heterocycles. The number of amides is 1. The maximum atomic E-state index is 11.6. The zero-order chi connectivity index (χ0) is 14.0. The minimum atomic E-state index is -1.09. The van der Waals surface area contributed by atoms with Gasteiger partial charge in [-0.05, 0) is 18.8 Å². The molecule has 7 heteroatoms. The maximum Gasteiger partial charge on any atom is 0.358 e. The van der Waals surface area contributed by atoms with Crippen molar-refractivity contribution in [3.8, 4) is 0 Å². The van der Waals surface area contributed by atoms with Crippen molar-refractivity contribution in [3.63, 3.8) is 0 Å². The van der Waals surface area contributed by atoms with Crippen LogP contribution >= 0.6 is 0 Å². The van der Waals surface area contributed by atoms with E-state index in [4.69, 9.17) is 5.11 Å². The summed E-state index contributed by atoms with van der Waals surface area (Å²) in [5.41, 5.74) is 0.532. The Labute approximate surface area is 111 Å². The van der Waals surface area contributed by atoms with Crippen LogP contribution in [0.25, 0.3) is 0 Å². The van der Waals surface area contributed by atoms with E-state index >= 15 is 0 Å². The van der Waals surface area contributed by atoms with Crippen molar-refractivity contribution in [2.75, 3.05) is 0 Å². The average molecular weight is 266 g/mol. The molecule has 1 amide bonds. The molecular formula is C12H18N4O3. The van der Waals surface area contributed by atoms with Gasteiger partial charge in [-0.1, -0.05) is 19.1 Å². The second-order valence-electron chi connectivity index (χ2n) is 5.10. The zero-order valence-corrected chi connectivity index (χ0v) is 11.1. The van der Waals surface area contributed by atoms with E-state index in [0.29, 0.717) is 24.7 Å². The van der Waals surface area contributed by atoms with E-state index < -0.39 is 5.97 Å². The summed E-state index contributed by atoms with van der Waals surface area (Å²) in [6, 6.07) is 0.336. The second-order valence-corrected chi connectivity index (χ2v) is 5.10. The number of aromatic nitrogens is 3. The third-order valence-corrected chi connectivity index (χ3v) is 3.02. The third kappa shape index (κ3) is 3.30. The summed E-state index contributed by atoms with van der Waals surface area (Å²) in [4.78, 5) is 22.6. The number of hydrogen-bond acceptors (Lipinski definition) is 4. The van der Waals surface area contributed by atoms with Crippen LogP contribution in [0.2, 0.25) is 0 Å². The Morgan fingerprint density at radius 2 is 2.16 bits per heavy atom. The number of carbonyl (C=O) groups excluding carboxylic acids is 1. The lowest BCUT2D eigenvalue weighted by Crippen LogP contribution is -2.26. The largest absolute Gasteiger partial charge is 0.476 e. The van der Waals surface area contributed by atoms with Gasteiger partial charge >= 0.3 is 5.97 Å². The molecule has 2 rings (SSSR count). The molecule has 19 heavy (non-hydrogen) atoms. The molecule has 1 saturated carbocycles. The fourth-order valence-electron chi connectivity index (χ4n) is 1.94. The van der Waals surface area contributed by atoms with Crippen LogP contribution in [0.3, 0.4) is 0 Å². The Bertz CT molecular complexity index is 491. The predicted molar refractivity (Wildman–Crippen MR) is 66.9 cm³/mol. The van der Waals surface area contributed by atoms with Crippen LogP contribution in [0.15, 0.2) is 0 Å². The summed E-state index contributed by atoms with van der Waals surface area (Å²) >= 11 is 0. The maximum absolute atomic E-state index is 11.6. The first-order chi connectivity index (χ1) is 8.99. The van der Waals surface area contributed by atoms with Gasteiger partial charge in [0.1, 0.15) is 0 Å². The summed E-state index contributed by atoms with van der Waals surface area (Å²) in [5.74, 6) is -1.12. The van der Waals surface area contributed by atoms with E-state index in [2.05, 4.69) is 15.6 Å². The molecule has 104 valence electrons. The summed E-state index contributed by atoms with van der Waals surface area (Å²) in [5, 5.41) is 19.4. The van der Waals surface area contributed by atoms with Crippen LogP contribution in [-0.4, -0.2) is 38.0 Å². The Morgan fingerprint density at radius 1 is 1.47 bits per heavy atom. The average Bonchev–Trinajstić information content (AvgIpc) is 3.02. The highest BCUT2D eigenvalue weighted by molar-refractivity contribution is 5.86. The highest BCUT2D eigenvalue weighted by Crippen LogP contribution is 2.19. The van der Waals surface area contributed by atoms with Gasteiger partial charge in [-0.15, -0.1) is 5.10 Å². The monoisotopic (exact) mass is 266 g/mol. The number of aryl methyl sites for hydroxylation is 1.